The Morgan fingerprint density at radius 2 is 1.94 bits per heavy atom. The maximum Gasteiger partial charge on any atom is 0.161 e. The first-order valence-corrected chi connectivity index (χ1v) is 6.05. The average molecular weight is 240 g/mol. The summed E-state index contributed by atoms with van der Waals surface area (Å²) in [4.78, 5) is 0. The second-order valence-electron chi connectivity index (χ2n) is 4.96. The lowest BCUT2D eigenvalue weighted by molar-refractivity contribution is 0.484. The van der Waals surface area contributed by atoms with Crippen molar-refractivity contribution in [3.8, 4) is 0 Å². The molecule has 0 spiro atoms. The van der Waals surface area contributed by atoms with E-state index in [0.717, 1.165) is 25.1 Å². The number of rotatable bonds is 5. The maximum absolute atomic E-state index is 13.1. The fourth-order valence-corrected chi connectivity index (χ4v) is 2.22. The molecule has 1 aromatic carbocycles. The van der Waals surface area contributed by atoms with Crippen molar-refractivity contribution >= 4 is 11.4 Å². The Kier molecular flexibility index (Phi) is 3.22. The van der Waals surface area contributed by atoms with Gasteiger partial charge in [0.05, 0.1) is 11.4 Å². The van der Waals surface area contributed by atoms with Gasteiger partial charge in [-0.25, -0.2) is 8.78 Å². The van der Waals surface area contributed by atoms with Crippen LogP contribution >= 0.6 is 0 Å². The van der Waals surface area contributed by atoms with Crippen LogP contribution in [0.3, 0.4) is 0 Å². The van der Waals surface area contributed by atoms with Crippen LogP contribution in [0.5, 0.6) is 0 Å². The third-order valence-electron chi connectivity index (χ3n) is 3.48. The van der Waals surface area contributed by atoms with E-state index in [1.165, 1.54) is 19.3 Å². The van der Waals surface area contributed by atoms with Gasteiger partial charge in [0, 0.05) is 18.7 Å². The molecule has 1 fully saturated rings. The minimum atomic E-state index is -0.900. The summed E-state index contributed by atoms with van der Waals surface area (Å²) < 4.78 is 26.0. The molecule has 0 atom stereocenters. The molecule has 94 valence electrons. The molecule has 0 unspecified atom stereocenters. The van der Waals surface area contributed by atoms with E-state index in [4.69, 9.17) is 5.73 Å². The third kappa shape index (κ3) is 2.68. The molecule has 0 radical (unpaired) electrons. The van der Waals surface area contributed by atoms with Gasteiger partial charge in [-0.1, -0.05) is 13.3 Å². The minimum absolute atomic E-state index is 0.260. The lowest BCUT2D eigenvalue weighted by Gasteiger charge is -2.17. The van der Waals surface area contributed by atoms with Gasteiger partial charge in [-0.15, -0.1) is 0 Å². The summed E-state index contributed by atoms with van der Waals surface area (Å²) in [7, 11) is 0. The second kappa shape index (κ2) is 4.51. The predicted octanol–water partition coefficient (Wildman–Crippen LogP) is 3.54. The highest BCUT2D eigenvalue weighted by Gasteiger charge is 2.41. The van der Waals surface area contributed by atoms with E-state index in [1.54, 1.807) is 0 Å². The van der Waals surface area contributed by atoms with Crippen LogP contribution in [0.1, 0.15) is 32.6 Å². The van der Waals surface area contributed by atoms with Gasteiger partial charge in [0.1, 0.15) is 0 Å². The number of hydrogen-bond acceptors (Lipinski definition) is 2. The van der Waals surface area contributed by atoms with Crippen LogP contribution in [0, 0.1) is 17.0 Å². The summed E-state index contributed by atoms with van der Waals surface area (Å²) in [6.45, 7) is 2.95. The number of halogens is 2. The summed E-state index contributed by atoms with van der Waals surface area (Å²) in [5.74, 6) is -1.76. The molecule has 0 bridgehead atoms. The summed E-state index contributed by atoms with van der Waals surface area (Å²) in [5.41, 5.74) is 6.75. The van der Waals surface area contributed by atoms with E-state index in [-0.39, 0.29) is 5.69 Å². The number of nitrogens with one attached hydrogen (secondary N) is 1. The number of nitrogens with two attached hydrogens (primary N) is 1. The first kappa shape index (κ1) is 12.1. The Labute approximate surface area is 100 Å². The van der Waals surface area contributed by atoms with Crippen LogP contribution in [0.15, 0.2) is 12.1 Å². The zero-order chi connectivity index (χ0) is 12.5. The van der Waals surface area contributed by atoms with Gasteiger partial charge < -0.3 is 11.1 Å². The smallest absolute Gasteiger partial charge is 0.161 e. The molecule has 2 nitrogen and oxygen atoms in total. The highest BCUT2D eigenvalue weighted by Crippen LogP contribution is 2.49. The lowest BCUT2D eigenvalue weighted by Crippen LogP contribution is -2.16. The Balaban J connectivity index is 2.02. The van der Waals surface area contributed by atoms with Crippen LogP contribution in [0.2, 0.25) is 0 Å². The molecule has 1 saturated carbocycles. The van der Waals surface area contributed by atoms with Crippen molar-refractivity contribution in [2.75, 3.05) is 17.6 Å². The molecule has 1 aliphatic carbocycles. The molecule has 1 aliphatic rings. The fourth-order valence-electron chi connectivity index (χ4n) is 2.22. The lowest BCUT2D eigenvalue weighted by atomic mass is 10.0. The largest absolute Gasteiger partial charge is 0.397 e. The summed E-state index contributed by atoms with van der Waals surface area (Å²) in [6.07, 6.45) is 4.73. The van der Waals surface area contributed by atoms with E-state index in [9.17, 15) is 8.78 Å². The van der Waals surface area contributed by atoms with Gasteiger partial charge >= 0.3 is 0 Å². The standard InChI is InChI=1S/C13H18F2N2/c1-2-3-13(4-5-13)8-17-12-7-10(15)9(14)6-11(12)16/h6-7,17H,2-5,8,16H2,1H3. The number of hydrogen-bond donors (Lipinski definition) is 2. The van der Waals surface area contributed by atoms with Crippen molar-refractivity contribution in [2.24, 2.45) is 5.41 Å². The first-order chi connectivity index (χ1) is 8.06. The summed E-state index contributed by atoms with van der Waals surface area (Å²) >= 11 is 0. The van der Waals surface area contributed by atoms with Crippen molar-refractivity contribution in [3.05, 3.63) is 23.8 Å². The Bertz CT molecular complexity index is 414. The second-order valence-corrected chi connectivity index (χ2v) is 4.96. The molecule has 17 heavy (non-hydrogen) atoms. The third-order valence-corrected chi connectivity index (χ3v) is 3.48. The van der Waals surface area contributed by atoms with Crippen LogP contribution in [0.4, 0.5) is 20.2 Å². The molecule has 1 aromatic rings. The van der Waals surface area contributed by atoms with Crippen LogP contribution in [-0.4, -0.2) is 6.54 Å². The van der Waals surface area contributed by atoms with Crippen molar-refractivity contribution in [2.45, 2.75) is 32.6 Å². The monoisotopic (exact) mass is 240 g/mol. The highest BCUT2D eigenvalue weighted by atomic mass is 19.2. The SMILES string of the molecule is CCCC1(CNc2cc(F)c(F)cc2N)CC1. The number of nitrogen functional groups attached to an aromatic ring is 1. The number of benzene rings is 1. The van der Waals surface area contributed by atoms with Gasteiger partial charge in [-0.3, -0.25) is 0 Å². The molecular weight excluding hydrogens is 222 g/mol. The molecule has 0 saturated heterocycles. The van der Waals surface area contributed by atoms with Gasteiger partial charge in [0.2, 0.25) is 0 Å². The van der Waals surface area contributed by atoms with E-state index < -0.39 is 11.6 Å². The van der Waals surface area contributed by atoms with Gasteiger partial charge in [0.25, 0.3) is 0 Å². The maximum atomic E-state index is 13.1. The number of anilines is 2. The Morgan fingerprint density at radius 3 is 2.53 bits per heavy atom. The minimum Gasteiger partial charge on any atom is -0.397 e. The van der Waals surface area contributed by atoms with Crippen LogP contribution in [-0.2, 0) is 0 Å². The fraction of sp³-hybridized carbons (Fsp3) is 0.538. The predicted molar refractivity (Wildman–Crippen MR) is 65.8 cm³/mol. The summed E-state index contributed by atoms with van der Waals surface area (Å²) in [5, 5.41) is 3.14. The zero-order valence-corrected chi connectivity index (χ0v) is 10.0. The molecule has 2 rings (SSSR count). The average Bonchev–Trinajstić information content (AvgIpc) is 3.03. The zero-order valence-electron chi connectivity index (χ0n) is 10.0. The van der Waals surface area contributed by atoms with Crippen LogP contribution < -0.4 is 11.1 Å². The molecule has 0 amide bonds. The molecular formula is C13H18F2N2. The molecule has 3 N–H and O–H groups in total. The molecule has 0 aliphatic heterocycles. The van der Waals surface area contributed by atoms with Gasteiger partial charge in [-0.05, 0) is 24.7 Å². The van der Waals surface area contributed by atoms with E-state index >= 15 is 0 Å². The van der Waals surface area contributed by atoms with Gasteiger partial charge in [0.15, 0.2) is 11.6 Å². The van der Waals surface area contributed by atoms with Crippen molar-refractivity contribution in [1.29, 1.82) is 0 Å². The molecule has 4 heteroatoms. The summed E-state index contributed by atoms with van der Waals surface area (Å²) in [6, 6.07) is 2.16. The van der Waals surface area contributed by atoms with Gasteiger partial charge in [-0.2, -0.15) is 0 Å². The van der Waals surface area contributed by atoms with E-state index in [1.807, 2.05) is 0 Å². The van der Waals surface area contributed by atoms with Crippen LogP contribution in [0.25, 0.3) is 0 Å². The topological polar surface area (TPSA) is 38.0 Å². The normalized spacial score (nSPS) is 16.9. The van der Waals surface area contributed by atoms with E-state index in [2.05, 4.69) is 12.2 Å². The molecule has 0 aromatic heterocycles. The Hall–Kier alpha value is -1.32. The van der Waals surface area contributed by atoms with E-state index in [0.29, 0.717) is 11.1 Å². The van der Waals surface area contributed by atoms with Crippen molar-refractivity contribution in [3.63, 3.8) is 0 Å². The van der Waals surface area contributed by atoms with Crippen molar-refractivity contribution in [1.82, 2.24) is 0 Å². The quantitative estimate of drug-likeness (QED) is 0.772. The molecule has 0 heterocycles. The highest BCUT2D eigenvalue weighted by molar-refractivity contribution is 5.66. The first-order valence-electron chi connectivity index (χ1n) is 6.05. The Morgan fingerprint density at radius 1 is 1.29 bits per heavy atom. The van der Waals surface area contributed by atoms with Crippen molar-refractivity contribution < 1.29 is 8.78 Å².